The topological polar surface area (TPSA) is 41.9 Å². The van der Waals surface area contributed by atoms with Crippen LogP contribution in [0.4, 0.5) is 8.78 Å². The zero-order valence-corrected chi connectivity index (χ0v) is 18.8. The lowest BCUT2D eigenvalue weighted by Crippen LogP contribution is -2.43. The summed E-state index contributed by atoms with van der Waals surface area (Å²) in [5.74, 6) is -2.10. The van der Waals surface area contributed by atoms with Gasteiger partial charge in [-0.2, -0.15) is 0 Å². The number of nitrogens with zero attached hydrogens (tertiary/aromatic N) is 1. The number of aliphatic hydroxyl groups is 1. The molecule has 2 atom stereocenters. The quantitative estimate of drug-likeness (QED) is 0.573. The number of morpholine rings is 1. The molecule has 0 amide bonds. The highest BCUT2D eigenvalue weighted by Gasteiger charge is 2.24. The van der Waals surface area contributed by atoms with Gasteiger partial charge in [0.15, 0.2) is 17.4 Å². The summed E-state index contributed by atoms with van der Waals surface area (Å²) in [6.07, 6.45) is -0.973. The SMILES string of the molecule is Cl.OC(COc1c(F)cc(Br)cc1F)CN1CCOC(c2cccc(Br)c2)C1. The van der Waals surface area contributed by atoms with Gasteiger partial charge in [-0.15, -0.1) is 12.4 Å². The molecule has 1 fully saturated rings. The van der Waals surface area contributed by atoms with E-state index >= 15 is 0 Å². The minimum absolute atomic E-state index is 0. The highest BCUT2D eigenvalue weighted by Crippen LogP contribution is 2.27. The maximum Gasteiger partial charge on any atom is 0.190 e. The molecule has 0 aromatic heterocycles. The summed E-state index contributed by atoms with van der Waals surface area (Å²) in [6.45, 7) is 1.96. The van der Waals surface area contributed by atoms with Gasteiger partial charge in [0.1, 0.15) is 12.7 Å². The van der Waals surface area contributed by atoms with Crippen molar-refractivity contribution in [3.05, 3.63) is 62.5 Å². The first-order valence-corrected chi connectivity index (χ1v) is 10.1. The summed E-state index contributed by atoms with van der Waals surface area (Å²) >= 11 is 6.47. The Hall–Kier alpha value is -0.770. The van der Waals surface area contributed by atoms with Gasteiger partial charge in [0, 0.05) is 28.6 Å². The zero-order chi connectivity index (χ0) is 19.4. The Morgan fingerprint density at radius 2 is 1.89 bits per heavy atom. The molecule has 2 aromatic carbocycles. The highest BCUT2D eigenvalue weighted by atomic mass is 79.9. The van der Waals surface area contributed by atoms with Gasteiger partial charge in [-0.3, -0.25) is 4.90 Å². The molecule has 4 nitrogen and oxygen atoms in total. The largest absolute Gasteiger partial charge is 0.485 e. The molecular formula is C19H20Br2ClF2NO3. The van der Waals surface area contributed by atoms with Gasteiger partial charge in [-0.25, -0.2) is 8.78 Å². The third kappa shape index (κ3) is 6.37. The van der Waals surface area contributed by atoms with Crippen LogP contribution < -0.4 is 4.74 Å². The van der Waals surface area contributed by atoms with Crippen LogP contribution >= 0.6 is 44.3 Å². The molecule has 1 N–H and O–H groups in total. The van der Waals surface area contributed by atoms with Gasteiger partial charge in [-0.05, 0) is 29.8 Å². The van der Waals surface area contributed by atoms with Crippen LogP contribution in [0.3, 0.4) is 0 Å². The van der Waals surface area contributed by atoms with E-state index < -0.39 is 23.5 Å². The van der Waals surface area contributed by atoms with Gasteiger partial charge in [0.25, 0.3) is 0 Å². The first-order chi connectivity index (χ1) is 12.9. The van der Waals surface area contributed by atoms with Crippen molar-refractivity contribution in [3.8, 4) is 5.75 Å². The lowest BCUT2D eigenvalue weighted by atomic mass is 10.1. The average molecular weight is 544 g/mol. The Balaban J connectivity index is 0.00000280. The summed E-state index contributed by atoms with van der Waals surface area (Å²) < 4.78 is 39.8. The molecule has 0 aliphatic carbocycles. The average Bonchev–Trinajstić information content (AvgIpc) is 2.61. The van der Waals surface area contributed by atoms with Crippen molar-refractivity contribution >= 4 is 44.3 Å². The van der Waals surface area contributed by atoms with E-state index in [1.165, 1.54) is 0 Å². The van der Waals surface area contributed by atoms with Crippen LogP contribution in [0.25, 0.3) is 0 Å². The first-order valence-electron chi connectivity index (χ1n) is 8.47. The Labute approximate surface area is 185 Å². The van der Waals surface area contributed by atoms with E-state index in [2.05, 4.69) is 36.8 Å². The fourth-order valence-corrected chi connectivity index (χ4v) is 3.79. The molecule has 28 heavy (non-hydrogen) atoms. The van der Waals surface area contributed by atoms with Crippen LogP contribution in [0.5, 0.6) is 5.75 Å². The van der Waals surface area contributed by atoms with Crippen LogP contribution in [0.15, 0.2) is 45.3 Å². The summed E-state index contributed by atoms with van der Waals surface area (Å²) in [5.41, 5.74) is 1.05. The van der Waals surface area contributed by atoms with Crippen molar-refractivity contribution in [1.82, 2.24) is 4.90 Å². The van der Waals surface area contributed by atoms with Crippen molar-refractivity contribution in [1.29, 1.82) is 0 Å². The van der Waals surface area contributed by atoms with Crippen LogP contribution in [0, 0.1) is 11.6 Å². The second-order valence-electron chi connectivity index (χ2n) is 6.34. The minimum Gasteiger partial charge on any atom is -0.485 e. The van der Waals surface area contributed by atoms with Gasteiger partial charge in [0.2, 0.25) is 0 Å². The number of halogens is 5. The molecule has 3 rings (SSSR count). The molecule has 2 unspecified atom stereocenters. The normalized spacial score (nSPS) is 18.4. The molecule has 154 valence electrons. The van der Waals surface area contributed by atoms with Gasteiger partial charge < -0.3 is 14.6 Å². The van der Waals surface area contributed by atoms with Crippen molar-refractivity contribution in [2.24, 2.45) is 0 Å². The number of hydrogen-bond donors (Lipinski definition) is 1. The number of hydrogen-bond acceptors (Lipinski definition) is 4. The fraction of sp³-hybridized carbons (Fsp3) is 0.368. The molecule has 1 aliphatic rings. The molecular weight excluding hydrogens is 523 g/mol. The monoisotopic (exact) mass is 541 g/mol. The third-order valence-electron chi connectivity index (χ3n) is 4.22. The van der Waals surface area contributed by atoms with Crippen molar-refractivity contribution in [2.45, 2.75) is 12.2 Å². The standard InChI is InChI=1S/C19H19Br2F2NO3.ClH/c20-13-3-1-2-12(6-13)18-10-24(4-5-26-18)9-15(25)11-27-19-16(22)7-14(21)8-17(19)23;/h1-3,6-8,15,18,25H,4-5,9-11H2;1H. The van der Waals surface area contributed by atoms with E-state index in [0.717, 1.165) is 22.2 Å². The predicted molar refractivity (Wildman–Crippen MR) is 112 cm³/mol. The van der Waals surface area contributed by atoms with E-state index in [1.54, 1.807) is 0 Å². The van der Waals surface area contributed by atoms with Crippen LogP contribution in [0.1, 0.15) is 11.7 Å². The minimum atomic E-state index is -0.881. The summed E-state index contributed by atoms with van der Waals surface area (Å²) in [7, 11) is 0. The molecule has 2 aromatic rings. The Morgan fingerprint density at radius 1 is 1.18 bits per heavy atom. The van der Waals surface area contributed by atoms with E-state index in [0.29, 0.717) is 26.2 Å². The number of β-amino-alcohol motifs (C(OH)–C–C–N with tert-alkyl or cyclic N) is 1. The molecule has 1 aliphatic heterocycles. The number of benzene rings is 2. The smallest absolute Gasteiger partial charge is 0.190 e. The zero-order valence-electron chi connectivity index (χ0n) is 14.8. The van der Waals surface area contributed by atoms with Crippen molar-refractivity contribution in [3.63, 3.8) is 0 Å². The van der Waals surface area contributed by atoms with Crippen molar-refractivity contribution in [2.75, 3.05) is 32.8 Å². The first kappa shape index (κ1) is 23.5. The van der Waals surface area contributed by atoms with Crippen molar-refractivity contribution < 1.29 is 23.4 Å². The molecule has 0 saturated carbocycles. The van der Waals surface area contributed by atoms with Gasteiger partial charge >= 0.3 is 0 Å². The third-order valence-corrected chi connectivity index (χ3v) is 5.17. The number of aliphatic hydroxyl groups excluding tert-OH is 1. The van der Waals surface area contributed by atoms with Gasteiger partial charge in [-0.1, -0.05) is 44.0 Å². The molecule has 1 saturated heterocycles. The number of ether oxygens (including phenoxy) is 2. The Kier molecular flexibility index (Phi) is 9.11. The van der Waals surface area contributed by atoms with Crippen LogP contribution in [-0.4, -0.2) is 49.0 Å². The second kappa shape index (κ2) is 10.8. The van der Waals surface area contributed by atoms with E-state index in [1.807, 2.05) is 24.3 Å². The second-order valence-corrected chi connectivity index (χ2v) is 8.17. The summed E-state index contributed by atoms with van der Waals surface area (Å²) in [4.78, 5) is 2.05. The maximum absolute atomic E-state index is 13.8. The summed E-state index contributed by atoms with van der Waals surface area (Å²) in [5, 5.41) is 10.2. The molecule has 0 spiro atoms. The molecule has 9 heteroatoms. The lowest BCUT2D eigenvalue weighted by Gasteiger charge is -2.34. The van der Waals surface area contributed by atoms with E-state index in [-0.39, 0.29) is 29.6 Å². The van der Waals surface area contributed by atoms with E-state index in [9.17, 15) is 13.9 Å². The molecule has 1 heterocycles. The van der Waals surface area contributed by atoms with Crippen LogP contribution in [-0.2, 0) is 4.74 Å². The summed E-state index contributed by atoms with van der Waals surface area (Å²) in [6, 6.07) is 10.1. The molecule has 0 radical (unpaired) electrons. The number of rotatable bonds is 6. The van der Waals surface area contributed by atoms with E-state index in [4.69, 9.17) is 9.47 Å². The van der Waals surface area contributed by atoms with Crippen LogP contribution in [0.2, 0.25) is 0 Å². The lowest BCUT2D eigenvalue weighted by molar-refractivity contribution is -0.0461. The maximum atomic E-state index is 13.8. The highest BCUT2D eigenvalue weighted by molar-refractivity contribution is 9.10. The fourth-order valence-electron chi connectivity index (χ4n) is 2.97. The van der Waals surface area contributed by atoms with Gasteiger partial charge in [0.05, 0.1) is 12.7 Å². The molecule has 0 bridgehead atoms. The predicted octanol–water partition coefficient (Wildman–Crippen LogP) is 4.72. The Morgan fingerprint density at radius 3 is 2.57 bits per heavy atom. The Bertz CT molecular complexity index is 777.